The second-order valence-corrected chi connectivity index (χ2v) is 3.84. The van der Waals surface area contributed by atoms with Gasteiger partial charge in [0.2, 0.25) is 0 Å². The Morgan fingerprint density at radius 3 is 2.79 bits per heavy atom. The highest BCUT2D eigenvalue weighted by molar-refractivity contribution is 5.71. The minimum atomic E-state index is -0.417. The largest absolute Gasteiger partial charge is 0.493 e. The number of hydrogen-bond acceptors (Lipinski definition) is 5. The quantitative estimate of drug-likeness (QED) is 0.557. The lowest BCUT2D eigenvalue weighted by Crippen LogP contribution is -2.15. The van der Waals surface area contributed by atoms with E-state index in [9.17, 15) is 4.79 Å². The zero-order valence-corrected chi connectivity index (χ0v) is 11.1. The molecule has 0 aliphatic carbocycles. The molecule has 0 amide bonds. The highest BCUT2D eigenvalue weighted by atomic mass is 16.6. The van der Waals surface area contributed by atoms with Crippen LogP contribution in [0.15, 0.2) is 18.2 Å². The highest BCUT2D eigenvalue weighted by Crippen LogP contribution is 2.27. The monoisotopic (exact) mass is 263 g/mol. The van der Waals surface area contributed by atoms with Gasteiger partial charge >= 0.3 is 5.97 Å². The number of unbranched alkanes of at least 4 members (excludes halogenated alkanes) is 1. The van der Waals surface area contributed by atoms with Gasteiger partial charge < -0.3 is 14.2 Å². The Bertz CT molecular complexity index is 465. The molecule has 1 aromatic rings. The van der Waals surface area contributed by atoms with Gasteiger partial charge in [0.25, 0.3) is 0 Å². The lowest BCUT2D eigenvalue weighted by atomic mass is 10.2. The Morgan fingerprint density at radius 1 is 1.37 bits per heavy atom. The van der Waals surface area contributed by atoms with Gasteiger partial charge in [-0.1, -0.05) is 13.3 Å². The van der Waals surface area contributed by atoms with E-state index in [2.05, 4.69) is 0 Å². The summed E-state index contributed by atoms with van der Waals surface area (Å²) in [5.74, 6) is 0.411. The van der Waals surface area contributed by atoms with Crippen LogP contribution in [0.25, 0.3) is 0 Å². The number of benzene rings is 1. The van der Waals surface area contributed by atoms with Crippen LogP contribution in [0.4, 0.5) is 0 Å². The molecule has 0 aliphatic rings. The number of hydrogen-bond donors (Lipinski definition) is 0. The summed E-state index contributed by atoms with van der Waals surface area (Å²) in [7, 11) is 1.48. The van der Waals surface area contributed by atoms with Gasteiger partial charge in [-0.15, -0.1) is 0 Å². The van der Waals surface area contributed by atoms with Crippen LogP contribution in [0.2, 0.25) is 0 Å². The summed E-state index contributed by atoms with van der Waals surface area (Å²) in [6, 6.07) is 6.75. The van der Waals surface area contributed by atoms with E-state index in [1.54, 1.807) is 18.2 Å². The van der Waals surface area contributed by atoms with E-state index >= 15 is 0 Å². The van der Waals surface area contributed by atoms with Gasteiger partial charge in [0.05, 0.1) is 25.3 Å². The normalized spacial score (nSPS) is 9.53. The summed E-state index contributed by atoms with van der Waals surface area (Å²) in [6.45, 7) is 2.25. The zero-order valence-electron chi connectivity index (χ0n) is 11.1. The van der Waals surface area contributed by atoms with Crippen LogP contribution in [0.1, 0.15) is 25.3 Å². The summed E-state index contributed by atoms with van der Waals surface area (Å²) in [5.41, 5.74) is 0.467. The minimum absolute atomic E-state index is 0.175. The predicted molar refractivity (Wildman–Crippen MR) is 69.1 cm³/mol. The van der Waals surface area contributed by atoms with Crippen molar-refractivity contribution in [1.82, 2.24) is 0 Å². The van der Waals surface area contributed by atoms with Gasteiger partial charge in [0.1, 0.15) is 0 Å². The molecule has 0 unspecified atom stereocenters. The maximum Gasteiger partial charge on any atom is 0.344 e. The fourth-order valence-corrected chi connectivity index (χ4v) is 1.37. The third-order valence-corrected chi connectivity index (χ3v) is 2.40. The summed E-state index contributed by atoms with van der Waals surface area (Å²) < 4.78 is 15.4. The van der Waals surface area contributed by atoms with Crippen molar-refractivity contribution in [3.8, 4) is 17.6 Å². The molecule has 5 nitrogen and oxygen atoms in total. The molecule has 0 N–H and O–H groups in total. The maximum atomic E-state index is 11.4. The molecule has 5 heteroatoms. The average Bonchev–Trinajstić information content (AvgIpc) is 2.45. The topological polar surface area (TPSA) is 68.5 Å². The molecule has 0 atom stereocenters. The van der Waals surface area contributed by atoms with Crippen LogP contribution >= 0.6 is 0 Å². The van der Waals surface area contributed by atoms with Crippen molar-refractivity contribution < 1.29 is 19.0 Å². The molecule has 19 heavy (non-hydrogen) atoms. The van der Waals surface area contributed by atoms with Gasteiger partial charge in [-0.2, -0.15) is 5.26 Å². The zero-order chi connectivity index (χ0) is 14.1. The third-order valence-electron chi connectivity index (χ3n) is 2.40. The number of rotatable bonds is 7. The minimum Gasteiger partial charge on any atom is -0.493 e. The molecule has 102 valence electrons. The number of carbonyl (C=O) groups is 1. The molecule has 0 spiro atoms. The average molecular weight is 263 g/mol. The van der Waals surface area contributed by atoms with Gasteiger partial charge in [0.15, 0.2) is 18.1 Å². The van der Waals surface area contributed by atoms with Crippen molar-refractivity contribution in [3.05, 3.63) is 23.8 Å². The first-order chi connectivity index (χ1) is 9.21. The van der Waals surface area contributed by atoms with Gasteiger partial charge in [-0.3, -0.25) is 0 Å². The van der Waals surface area contributed by atoms with E-state index in [-0.39, 0.29) is 6.61 Å². The lowest BCUT2D eigenvalue weighted by molar-refractivity contribution is -0.146. The first-order valence-electron chi connectivity index (χ1n) is 6.07. The van der Waals surface area contributed by atoms with Crippen molar-refractivity contribution in [2.24, 2.45) is 0 Å². The van der Waals surface area contributed by atoms with Gasteiger partial charge in [0, 0.05) is 6.07 Å². The van der Waals surface area contributed by atoms with Crippen LogP contribution in [0.3, 0.4) is 0 Å². The van der Waals surface area contributed by atoms with Gasteiger partial charge in [-0.25, -0.2) is 4.79 Å². The molecule has 1 rings (SSSR count). The number of nitriles is 1. The van der Waals surface area contributed by atoms with E-state index in [1.807, 2.05) is 13.0 Å². The maximum absolute atomic E-state index is 11.4. The van der Waals surface area contributed by atoms with Crippen LogP contribution < -0.4 is 9.47 Å². The van der Waals surface area contributed by atoms with E-state index in [0.717, 1.165) is 12.8 Å². The van der Waals surface area contributed by atoms with Crippen molar-refractivity contribution in [2.75, 3.05) is 20.3 Å². The van der Waals surface area contributed by atoms with Crippen molar-refractivity contribution in [1.29, 1.82) is 5.26 Å². The summed E-state index contributed by atoms with van der Waals surface area (Å²) in [6.07, 6.45) is 1.81. The van der Waals surface area contributed by atoms with Crippen LogP contribution in [0, 0.1) is 11.3 Å². The van der Waals surface area contributed by atoms with E-state index in [0.29, 0.717) is 23.7 Å². The molecule has 0 bridgehead atoms. The molecular weight excluding hydrogens is 246 g/mol. The standard InChI is InChI=1S/C14H17NO4/c1-3-4-7-18-14(16)10-19-12-6-5-11(9-15)8-13(12)17-2/h5-6,8H,3-4,7,10H2,1-2H3. The van der Waals surface area contributed by atoms with Crippen molar-refractivity contribution in [3.63, 3.8) is 0 Å². The first-order valence-corrected chi connectivity index (χ1v) is 6.07. The number of ether oxygens (including phenoxy) is 3. The third kappa shape index (κ3) is 4.88. The van der Waals surface area contributed by atoms with Crippen LogP contribution in [-0.2, 0) is 9.53 Å². The Morgan fingerprint density at radius 2 is 2.16 bits per heavy atom. The lowest BCUT2D eigenvalue weighted by Gasteiger charge is -2.10. The SMILES string of the molecule is CCCCOC(=O)COc1ccc(C#N)cc1OC. The molecule has 0 aliphatic heterocycles. The van der Waals surface area contributed by atoms with E-state index < -0.39 is 5.97 Å². The molecule has 0 heterocycles. The van der Waals surface area contributed by atoms with Crippen molar-refractivity contribution >= 4 is 5.97 Å². The van der Waals surface area contributed by atoms with Gasteiger partial charge in [-0.05, 0) is 18.6 Å². The summed E-state index contributed by atoms with van der Waals surface area (Å²) in [4.78, 5) is 11.4. The van der Waals surface area contributed by atoms with E-state index in [1.165, 1.54) is 7.11 Å². The van der Waals surface area contributed by atoms with Crippen LogP contribution in [0.5, 0.6) is 11.5 Å². The Hall–Kier alpha value is -2.22. The second-order valence-electron chi connectivity index (χ2n) is 3.84. The molecule has 0 radical (unpaired) electrons. The number of carbonyl (C=O) groups excluding carboxylic acids is 1. The smallest absolute Gasteiger partial charge is 0.344 e. The molecule has 0 fully saturated rings. The van der Waals surface area contributed by atoms with Crippen molar-refractivity contribution in [2.45, 2.75) is 19.8 Å². The second kappa shape index (κ2) is 7.98. The molecule has 1 aromatic carbocycles. The predicted octanol–water partition coefficient (Wildman–Crippen LogP) is 2.29. The fourth-order valence-electron chi connectivity index (χ4n) is 1.37. The number of esters is 1. The molecule has 0 saturated carbocycles. The number of methoxy groups -OCH3 is 1. The fraction of sp³-hybridized carbons (Fsp3) is 0.429. The van der Waals surface area contributed by atoms with Crippen LogP contribution in [-0.4, -0.2) is 26.3 Å². The Balaban J connectivity index is 2.53. The number of nitrogens with zero attached hydrogens (tertiary/aromatic N) is 1. The Kier molecular flexibility index (Phi) is 6.23. The molecule has 0 aromatic heterocycles. The molecule has 0 saturated heterocycles. The summed E-state index contributed by atoms with van der Waals surface area (Å²) in [5, 5.41) is 8.77. The first kappa shape index (κ1) is 14.8. The molecular formula is C14H17NO4. The highest BCUT2D eigenvalue weighted by Gasteiger charge is 2.09. The van der Waals surface area contributed by atoms with E-state index in [4.69, 9.17) is 19.5 Å². The summed E-state index contributed by atoms with van der Waals surface area (Å²) >= 11 is 0. The Labute approximate surface area is 112 Å².